The molecule has 3 N–H and O–H groups in total. The summed E-state index contributed by atoms with van der Waals surface area (Å²) in [5.74, 6) is 5.31. The Labute approximate surface area is 422 Å². The van der Waals surface area contributed by atoms with E-state index in [1.54, 1.807) is 7.11 Å². The Bertz CT molecular complexity index is 2530. The maximum Gasteiger partial charge on any atom is 0.251 e. The average molecular weight is 968 g/mol. The lowest BCUT2D eigenvalue weighted by atomic mass is 9.44. The summed E-state index contributed by atoms with van der Waals surface area (Å²) >= 11 is 6.49. The second-order valence-electron chi connectivity index (χ2n) is 21.7. The van der Waals surface area contributed by atoms with E-state index in [2.05, 4.69) is 96.2 Å². The fraction of sp³-hybridized carbons (Fsp3) is 0.533. The highest BCUT2D eigenvalue weighted by Gasteiger charge is 2.60. The van der Waals surface area contributed by atoms with Crippen LogP contribution in [0, 0.1) is 24.2 Å². The number of amides is 2. The number of carbonyl (C=O) groups is 2. The van der Waals surface area contributed by atoms with Gasteiger partial charge in [0.1, 0.15) is 17.4 Å². The molecule has 5 saturated carbocycles. The third-order valence-corrected chi connectivity index (χ3v) is 17.1. The van der Waals surface area contributed by atoms with E-state index in [0.717, 1.165) is 136 Å². The number of aliphatic hydroxyl groups excluding tert-OH is 1. The molecule has 3 unspecified atom stereocenters. The van der Waals surface area contributed by atoms with Crippen LogP contribution < -0.4 is 20.1 Å². The summed E-state index contributed by atoms with van der Waals surface area (Å²) in [6.07, 6.45) is 27.5. The molecule has 7 aliphatic rings. The number of rotatable bonds is 19. The molecule has 5 fully saturated rings. The molecule has 0 radical (unpaired) electrons. The first-order chi connectivity index (χ1) is 33.9. The minimum Gasteiger partial charge on any atom is -0.497 e. The molecule has 2 amide bonds. The van der Waals surface area contributed by atoms with Crippen molar-refractivity contribution in [3.63, 3.8) is 0 Å². The van der Waals surface area contributed by atoms with E-state index in [0.29, 0.717) is 17.4 Å². The Morgan fingerprint density at radius 2 is 1.64 bits per heavy atom. The first-order valence-electron chi connectivity index (χ1n) is 26.3. The third-order valence-electron chi connectivity index (χ3n) is 16.9. The Morgan fingerprint density at radius 3 is 2.27 bits per heavy atom. The number of terminal acetylenes is 1. The fourth-order valence-corrected chi connectivity index (χ4v) is 14.4. The first kappa shape index (κ1) is 50.0. The Balaban J connectivity index is 1.06. The van der Waals surface area contributed by atoms with Crippen molar-refractivity contribution in [2.24, 2.45) is 11.8 Å². The van der Waals surface area contributed by atoms with Gasteiger partial charge in [0, 0.05) is 45.9 Å². The highest BCUT2D eigenvalue weighted by atomic mass is 35.5. The largest absolute Gasteiger partial charge is 0.497 e. The van der Waals surface area contributed by atoms with Crippen LogP contribution in [-0.2, 0) is 23.1 Å². The maximum absolute atomic E-state index is 14.2. The molecular weight excluding hydrogens is 892 g/mol. The van der Waals surface area contributed by atoms with Crippen molar-refractivity contribution in [3.8, 4) is 23.8 Å². The summed E-state index contributed by atoms with van der Waals surface area (Å²) in [5, 5.41) is 18.8. The van der Waals surface area contributed by atoms with Gasteiger partial charge in [0.25, 0.3) is 5.91 Å². The van der Waals surface area contributed by atoms with Gasteiger partial charge in [-0.3, -0.25) is 14.5 Å². The molecular formula is C60H75ClN4O5. The molecule has 4 bridgehead atoms. The van der Waals surface area contributed by atoms with E-state index in [9.17, 15) is 14.7 Å². The number of aliphatic hydroxyl groups is 1. The summed E-state index contributed by atoms with van der Waals surface area (Å²) in [4.78, 5) is 31.5. The minimum atomic E-state index is -1.05. The quantitative estimate of drug-likeness (QED) is 0.0625. The lowest BCUT2D eigenvalue weighted by molar-refractivity contribution is -0.133. The van der Waals surface area contributed by atoms with Crippen molar-refractivity contribution in [2.75, 3.05) is 20.1 Å². The topological polar surface area (TPSA) is 103 Å². The zero-order chi connectivity index (χ0) is 49.3. The number of methoxy groups -OCH3 is 2. The third kappa shape index (κ3) is 9.70. The molecule has 70 heavy (non-hydrogen) atoms. The van der Waals surface area contributed by atoms with Crippen LogP contribution in [0.1, 0.15) is 166 Å². The predicted octanol–water partition coefficient (Wildman–Crippen LogP) is 11.2. The summed E-state index contributed by atoms with van der Waals surface area (Å²) in [6, 6.07) is 18.1. The fourth-order valence-electron chi connectivity index (χ4n) is 14.2. The Hall–Kier alpha value is -5.01. The van der Waals surface area contributed by atoms with E-state index < -0.39 is 6.23 Å². The SMILES string of the molecule is C#CC(O)N1[C@@H](CCCC)Cc2cc(OC)ccc2[C@@H]1C(=C)/C=C\C(=C/C)NC12CC3CC(C1)CC(c1c(OC)ccc4c1C[C@H](CCCC)N(C(=O)CCl)[C@H]4c1ccc(C(=O)NC4CC4)cc1)(C3)C2. The van der Waals surface area contributed by atoms with Crippen LogP contribution in [0.5, 0.6) is 11.5 Å². The summed E-state index contributed by atoms with van der Waals surface area (Å²) in [5.41, 5.74) is 9.37. The van der Waals surface area contributed by atoms with Gasteiger partial charge < -0.3 is 30.1 Å². The Morgan fingerprint density at radius 1 is 0.943 bits per heavy atom. The number of unbranched alkanes of at least 4 members (excludes halogenated alkanes) is 2. The van der Waals surface area contributed by atoms with E-state index in [1.165, 1.54) is 23.1 Å². The van der Waals surface area contributed by atoms with Gasteiger partial charge in [-0.05, 0) is 166 Å². The van der Waals surface area contributed by atoms with Gasteiger partial charge in [-0.25, -0.2) is 0 Å². The maximum atomic E-state index is 14.2. The number of ether oxygens (including phenoxy) is 2. The van der Waals surface area contributed by atoms with E-state index >= 15 is 0 Å². The standard InChI is InChI=1S/C60H75ClN4O5/c1-8-12-14-46-29-43-30-48(69-6)24-25-49(43)56(64(46)53(66)11-4)38(5)16-21-44(10-3)63-60-34-39-28-40(35-60)33-59(32-39,37-60)55-51-31-47(15-13-9-2)65(54(67)36-61)57(50(51)26-27-52(55)70-7)41-17-19-42(20-18-41)58(68)62-45-22-23-45/h4,10,16-21,24-27,30,39-40,45-47,53,56-57,63,66H,5,8-9,12-15,22-23,28-29,31-37H2,1-3,6-7H3,(H,62,68)/b21-16-,44-10+/t39?,40?,46-,47-,53?,56-,57-,59?,60?/m0/s1. The van der Waals surface area contributed by atoms with Crippen LogP contribution in [0.15, 0.2) is 90.7 Å². The van der Waals surface area contributed by atoms with Crippen molar-refractivity contribution in [3.05, 3.63) is 130 Å². The number of hydrogen-bond donors (Lipinski definition) is 3. The van der Waals surface area contributed by atoms with Crippen molar-refractivity contribution in [1.29, 1.82) is 0 Å². The summed E-state index contributed by atoms with van der Waals surface area (Å²) in [7, 11) is 3.52. The minimum absolute atomic E-state index is 0.0426. The van der Waals surface area contributed by atoms with Gasteiger partial charge in [0.05, 0.1) is 26.3 Å². The second kappa shape index (κ2) is 21.0. The van der Waals surface area contributed by atoms with Gasteiger partial charge in [0.2, 0.25) is 5.91 Å². The normalized spacial score (nSPS) is 28.4. The molecule has 9 nitrogen and oxygen atoms in total. The van der Waals surface area contributed by atoms with Gasteiger partial charge in [0.15, 0.2) is 6.23 Å². The number of allylic oxidation sites excluding steroid dienone is 2. The monoisotopic (exact) mass is 967 g/mol. The number of carbonyl (C=O) groups excluding carboxylic acids is 2. The number of nitrogens with one attached hydrogen (secondary N) is 2. The molecule has 0 saturated heterocycles. The predicted molar refractivity (Wildman–Crippen MR) is 280 cm³/mol. The van der Waals surface area contributed by atoms with Gasteiger partial charge in [-0.1, -0.05) is 88.4 Å². The second-order valence-corrected chi connectivity index (χ2v) is 21.9. The zero-order valence-electron chi connectivity index (χ0n) is 42.2. The summed E-state index contributed by atoms with van der Waals surface area (Å²) < 4.78 is 12.1. The van der Waals surface area contributed by atoms with Crippen LogP contribution in [-0.4, -0.2) is 76.7 Å². The molecule has 0 spiro atoms. The number of hydrogen-bond acceptors (Lipinski definition) is 7. The van der Waals surface area contributed by atoms with Gasteiger partial charge >= 0.3 is 0 Å². The molecule has 3 aromatic carbocycles. The number of nitrogens with zero attached hydrogens (tertiary/aromatic N) is 2. The molecule has 5 aliphatic carbocycles. The first-order valence-corrected chi connectivity index (χ1v) is 26.8. The van der Waals surface area contributed by atoms with E-state index in [1.807, 2.05) is 37.4 Å². The molecule has 10 heteroatoms. The number of halogens is 1. The lowest BCUT2D eigenvalue weighted by Crippen LogP contribution is -2.63. The van der Waals surface area contributed by atoms with Crippen molar-refractivity contribution >= 4 is 23.4 Å². The smallest absolute Gasteiger partial charge is 0.251 e. The molecule has 10 rings (SSSR count). The number of fused-ring (bicyclic) bond motifs is 2. The van der Waals surface area contributed by atoms with Crippen molar-refractivity contribution in [1.82, 2.24) is 20.4 Å². The highest BCUT2D eigenvalue weighted by Crippen LogP contribution is 2.65. The van der Waals surface area contributed by atoms with Crippen molar-refractivity contribution in [2.45, 2.75) is 171 Å². The van der Waals surface area contributed by atoms with Crippen LogP contribution in [0.3, 0.4) is 0 Å². The van der Waals surface area contributed by atoms with Crippen LogP contribution in [0.25, 0.3) is 0 Å². The number of benzene rings is 3. The molecule has 3 aromatic rings. The highest BCUT2D eigenvalue weighted by molar-refractivity contribution is 6.27. The Kier molecular flexibility index (Phi) is 15.0. The molecule has 372 valence electrons. The van der Waals surface area contributed by atoms with Gasteiger partial charge in [-0.2, -0.15) is 0 Å². The number of alkyl halides is 1. The van der Waals surface area contributed by atoms with Crippen LogP contribution in [0.2, 0.25) is 0 Å². The molecule has 2 aliphatic heterocycles. The van der Waals surface area contributed by atoms with Crippen molar-refractivity contribution < 1.29 is 24.2 Å². The average Bonchev–Trinajstić information content (AvgIpc) is 4.20. The van der Waals surface area contributed by atoms with E-state index in [-0.39, 0.29) is 58.9 Å². The van der Waals surface area contributed by atoms with Gasteiger partial charge in [-0.15, -0.1) is 18.0 Å². The molecule has 2 heterocycles. The molecule has 7 atom stereocenters. The van der Waals surface area contributed by atoms with Crippen LogP contribution >= 0.6 is 11.6 Å². The molecule has 0 aromatic heterocycles. The summed E-state index contributed by atoms with van der Waals surface area (Å²) in [6.45, 7) is 11.2. The zero-order valence-corrected chi connectivity index (χ0v) is 43.0. The lowest BCUT2D eigenvalue weighted by Gasteiger charge is -2.63. The van der Waals surface area contributed by atoms with E-state index in [4.69, 9.17) is 27.5 Å². The van der Waals surface area contributed by atoms with Crippen LogP contribution in [0.4, 0.5) is 0 Å².